The average molecular weight is 476 g/mol. The maximum Gasteiger partial charge on any atom is 0.251 e. The predicted octanol–water partition coefficient (Wildman–Crippen LogP) is 1.54. The van der Waals surface area contributed by atoms with E-state index in [1.165, 1.54) is 28.6 Å². The van der Waals surface area contributed by atoms with E-state index >= 15 is 0 Å². The van der Waals surface area contributed by atoms with Crippen LogP contribution >= 0.6 is 0 Å². The number of morpholine rings is 1. The molecule has 1 fully saturated rings. The number of benzene rings is 2. The van der Waals surface area contributed by atoms with Crippen LogP contribution in [0.15, 0.2) is 53.4 Å². The monoisotopic (exact) mass is 475 g/mol. The summed E-state index contributed by atoms with van der Waals surface area (Å²) in [5, 5.41) is 5.27. The first-order chi connectivity index (χ1) is 15.7. The molecule has 1 aliphatic rings. The Morgan fingerprint density at radius 2 is 1.61 bits per heavy atom. The second kappa shape index (κ2) is 10.8. The molecule has 2 N–H and O–H groups in total. The fourth-order valence-electron chi connectivity index (χ4n) is 3.52. The first-order valence-corrected chi connectivity index (χ1v) is 12.1. The van der Waals surface area contributed by atoms with Crippen molar-refractivity contribution in [3.8, 4) is 5.75 Å². The van der Waals surface area contributed by atoms with Crippen molar-refractivity contribution in [3.63, 3.8) is 0 Å². The maximum atomic E-state index is 12.9. The van der Waals surface area contributed by atoms with E-state index in [0.29, 0.717) is 6.54 Å². The summed E-state index contributed by atoms with van der Waals surface area (Å²) in [5.74, 6) is -0.0775. The molecule has 10 heteroatoms. The Morgan fingerprint density at radius 1 is 1.00 bits per heavy atom. The zero-order valence-corrected chi connectivity index (χ0v) is 19.7. The summed E-state index contributed by atoms with van der Waals surface area (Å²) in [4.78, 5) is 24.5. The van der Waals surface area contributed by atoms with Gasteiger partial charge in [-0.1, -0.05) is 12.1 Å². The van der Waals surface area contributed by atoms with Crippen molar-refractivity contribution in [2.24, 2.45) is 0 Å². The molecular weight excluding hydrogens is 446 g/mol. The minimum atomic E-state index is -3.68. The zero-order chi connectivity index (χ0) is 24.0. The number of hydrogen-bond acceptors (Lipinski definition) is 6. The highest BCUT2D eigenvalue weighted by Gasteiger charge is 2.32. The summed E-state index contributed by atoms with van der Waals surface area (Å²) in [5.41, 5.74) is 1.16. The predicted molar refractivity (Wildman–Crippen MR) is 122 cm³/mol. The SMILES string of the molecule is COc1ccc(CNC(=O)CNC(=O)c2ccc(S(=O)(=O)N3CC(C)OC(C)C3)cc2)cc1. The van der Waals surface area contributed by atoms with Gasteiger partial charge in [-0.3, -0.25) is 9.59 Å². The largest absolute Gasteiger partial charge is 0.497 e. The molecule has 1 saturated heterocycles. The number of rotatable bonds is 8. The molecule has 0 aromatic heterocycles. The number of carbonyl (C=O) groups is 2. The number of hydrogen-bond donors (Lipinski definition) is 2. The summed E-state index contributed by atoms with van der Waals surface area (Å²) < 4.78 is 37.9. The second-order valence-corrected chi connectivity index (χ2v) is 9.85. The molecule has 2 atom stereocenters. The molecule has 0 radical (unpaired) electrons. The van der Waals surface area contributed by atoms with Crippen molar-refractivity contribution in [3.05, 3.63) is 59.7 Å². The van der Waals surface area contributed by atoms with Gasteiger partial charge in [0.25, 0.3) is 5.91 Å². The van der Waals surface area contributed by atoms with Gasteiger partial charge in [0.1, 0.15) is 5.75 Å². The summed E-state index contributed by atoms with van der Waals surface area (Å²) in [6, 6.07) is 12.9. The van der Waals surface area contributed by atoms with Gasteiger partial charge < -0.3 is 20.1 Å². The van der Waals surface area contributed by atoms with Crippen LogP contribution < -0.4 is 15.4 Å². The van der Waals surface area contributed by atoms with Crippen LogP contribution in [-0.2, 0) is 26.1 Å². The van der Waals surface area contributed by atoms with Gasteiger partial charge in [0.2, 0.25) is 15.9 Å². The van der Waals surface area contributed by atoms with E-state index in [-0.39, 0.29) is 48.2 Å². The van der Waals surface area contributed by atoms with Crippen molar-refractivity contribution in [2.45, 2.75) is 37.5 Å². The molecule has 2 aromatic carbocycles. The first-order valence-electron chi connectivity index (χ1n) is 10.6. The molecule has 0 saturated carbocycles. The average Bonchev–Trinajstić information content (AvgIpc) is 2.81. The van der Waals surface area contributed by atoms with Gasteiger partial charge in [-0.25, -0.2) is 8.42 Å². The van der Waals surface area contributed by atoms with Gasteiger partial charge in [0.05, 0.1) is 30.8 Å². The van der Waals surface area contributed by atoms with Gasteiger partial charge in [-0.15, -0.1) is 0 Å². The fraction of sp³-hybridized carbons (Fsp3) is 0.391. The molecule has 0 bridgehead atoms. The Bertz CT molecular complexity index is 1060. The first kappa shape index (κ1) is 24.7. The lowest BCUT2D eigenvalue weighted by molar-refractivity contribution is -0.120. The highest BCUT2D eigenvalue weighted by atomic mass is 32.2. The van der Waals surface area contributed by atoms with Crippen LogP contribution in [-0.4, -0.2) is 63.5 Å². The third-order valence-electron chi connectivity index (χ3n) is 5.20. The van der Waals surface area contributed by atoms with E-state index in [1.807, 2.05) is 26.0 Å². The van der Waals surface area contributed by atoms with Crippen LogP contribution in [0.3, 0.4) is 0 Å². The van der Waals surface area contributed by atoms with Crippen LogP contribution in [0, 0.1) is 0 Å². The van der Waals surface area contributed by atoms with E-state index in [0.717, 1.165) is 11.3 Å². The number of ether oxygens (including phenoxy) is 2. The quantitative estimate of drug-likeness (QED) is 0.599. The number of nitrogens with zero attached hydrogens (tertiary/aromatic N) is 1. The summed E-state index contributed by atoms with van der Waals surface area (Å²) in [6.45, 7) is 4.35. The van der Waals surface area contributed by atoms with Crippen LogP contribution in [0.2, 0.25) is 0 Å². The third kappa shape index (κ3) is 6.53. The normalized spacial score (nSPS) is 19.0. The van der Waals surface area contributed by atoms with Crippen molar-refractivity contribution in [2.75, 3.05) is 26.7 Å². The summed E-state index contributed by atoms with van der Waals surface area (Å²) >= 11 is 0. The van der Waals surface area contributed by atoms with Gasteiger partial charge in [-0.2, -0.15) is 4.31 Å². The van der Waals surface area contributed by atoms with E-state index in [4.69, 9.17) is 9.47 Å². The minimum Gasteiger partial charge on any atom is -0.497 e. The van der Waals surface area contributed by atoms with E-state index in [2.05, 4.69) is 10.6 Å². The van der Waals surface area contributed by atoms with Gasteiger partial charge >= 0.3 is 0 Å². The standard InChI is InChI=1S/C23H29N3O6S/c1-16-14-26(15-17(2)32-16)33(29,30)21-10-6-19(7-11-21)23(28)25-13-22(27)24-12-18-4-8-20(31-3)9-5-18/h4-11,16-17H,12-15H2,1-3H3,(H,24,27)(H,25,28). The number of nitrogens with one attached hydrogen (secondary N) is 2. The zero-order valence-electron chi connectivity index (χ0n) is 18.9. The molecule has 1 aliphatic heterocycles. The van der Waals surface area contributed by atoms with Crippen molar-refractivity contribution >= 4 is 21.8 Å². The number of amides is 2. The van der Waals surface area contributed by atoms with E-state index in [9.17, 15) is 18.0 Å². The van der Waals surface area contributed by atoms with Crippen LogP contribution in [0.5, 0.6) is 5.75 Å². The lowest BCUT2D eigenvalue weighted by Gasteiger charge is -2.34. The Labute approximate surface area is 194 Å². The van der Waals surface area contributed by atoms with Gasteiger partial charge in [-0.05, 0) is 55.8 Å². The molecule has 0 aliphatic carbocycles. The molecule has 178 valence electrons. The van der Waals surface area contributed by atoms with Crippen LogP contribution in [0.4, 0.5) is 0 Å². The molecule has 2 aromatic rings. The van der Waals surface area contributed by atoms with Gasteiger partial charge in [0, 0.05) is 25.2 Å². The second-order valence-electron chi connectivity index (χ2n) is 7.91. The van der Waals surface area contributed by atoms with Crippen molar-refractivity contribution in [1.29, 1.82) is 0 Å². The van der Waals surface area contributed by atoms with E-state index in [1.54, 1.807) is 19.2 Å². The fourth-order valence-corrected chi connectivity index (χ4v) is 5.11. The lowest BCUT2D eigenvalue weighted by atomic mass is 10.2. The summed E-state index contributed by atoms with van der Waals surface area (Å²) in [7, 11) is -2.10. The van der Waals surface area contributed by atoms with E-state index < -0.39 is 15.9 Å². The Kier molecular flexibility index (Phi) is 8.06. The van der Waals surface area contributed by atoms with Crippen molar-refractivity contribution < 1.29 is 27.5 Å². The highest BCUT2D eigenvalue weighted by molar-refractivity contribution is 7.89. The number of methoxy groups -OCH3 is 1. The molecule has 1 heterocycles. The molecule has 33 heavy (non-hydrogen) atoms. The molecule has 3 rings (SSSR count). The lowest BCUT2D eigenvalue weighted by Crippen LogP contribution is -2.48. The third-order valence-corrected chi connectivity index (χ3v) is 7.04. The molecule has 2 amide bonds. The highest BCUT2D eigenvalue weighted by Crippen LogP contribution is 2.21. The summed E-state index contributed by atoms with van der Waals surface area (Å²) in [6.07, 6.45) is -0.381. The molecular formula is C23H29N3O6S. The molecule has 9 nitrogen and oxygen atoms in total. The Balaban J connectivity index is 1.51. The smallest absolute Gasteiger partial charge is 0.251 e. The Hall–Kier alpha value is -2.95. The number of sulfonamides is 1. The van der Waals surface area contributed by atoms with Crippen molar-refractivity contribution in [1.82, 2.24) is 14.9 Å². The maximum absolute atomic E-state index is 12.9. The Morgan fingerprint density at radius 3 is 2.18 bits per heavy atom. The molecule has 0 spiro atoms. The minimum absolute atomic E-state index is 0.109. The molecule has 2 unspecified atom stereocenters. The topological polar surface area (TPSA) is 114 Å². The van der Waals surface area contributed by atoms with Crippen LogP contribution in [0.1, 0.15) is 29.8 Å². The van der Waals surface area contributed by atoms with Crippen LogP contribution in [0.25, 0.3) is 0 Å². The van der Waals surface area contributed by atoms with Gasteiger partial charge in [0.15, 0.2) is 0 Å². The number of carbonyl (C=O) groups excluding carboxylic acids is 2.